The Balaban J connectivity index is 2.17. The first-order valence-electron chi connectivity index (χ1n) is 7.20. The lowest BCUT2D eigenvalue weighted by Crippen LogP contribution is -2.28. The first-order valence-corrected chi connectivity index (χ1v) is 7.58. The molecule has 1 aromatic carbocycles. The molecular formula is C16H19ClN4O2. The normalized spacial score (nSPS) is 10.5. The van der Waals surface area contributed by atoms with E-state index in [4.69, 9.17) is 16.3 Å². The highest BCUT2D eigenvalue weighted by atomic mass is 35.5. The molecule has 0 saturated carbocycles. The third-order valence-electron chi connectivity index (χ3n) is 2.99. The van der Waals surface area contributed by atoms with Crippen LogP contribution in [0.3, 0.4) is 0 Å². The Labute approximate surface area is 140 Å². The highest BCUT2D eigenvalue weighted by Crippen LogP contribution is 2.29. The molecule has 0 aliphatic rings. The Kier molecular flexibility index (Phi) is 5.76. The summed E-state index contributed by atoms with van der Waals surface area (Å²) in [5, 5.41) is 6.47. The molecule has 0 spiro atoms. The molecule has 0 fully saturated rings. The fourth-order valence-corrected chi connectivity index (χ4v) is 2.03. The maximum absolute atomic E-state index is 12.1. The van der Waals surface area contributed by atoms with Crippen molar-refractivity contribution >= 4 is 29.0 Å². The van der Waals surface area contributed by atoms with Crippen LogP contribution in [0.2, 0.25) is 5.02 Å². The Morgan fingerprint density at radius 3 is 2.78 bits per heavy atom. The molecule has 7 heteroatoms. The van der Waals surface area contributed by atoms with Crippen molar-refractivity contribution in [1.29, 1.82) is 0 Å². The molecule has 2 N–H and O–H groups in total. The highest BCUT2D eigenvalue weighted by molar-refractivity contribution is 6.31. The van der Waals surface area contributed by atoms with Crippen LogP contribution in [-0.2, 0) is 0 Å². The van der Waals surface area contributed by atoms with Crippen molar-refractivity contribution in [3.63, 3.8) is 0 Å². The number of anilines is 2. The second-order valence-corrected chi connectivity index (χ2v) is 5.80. The summed E-state index contributed by atoms with van der Waals surface area (Å²) < 4.78 is 5.27. The molecule has 0 unspecified atom stereocenters. The number of hydrogen-bond donors (Lipinski definition) is 2. The first kappa shape index (κ1) is 17.0. The second-order valence-electron chi connectivity index (χ2n) is 5.36. The van der Waals surface area contributed by atoms with Gasteiger partial charge in [-0.1, -0.05) is 25.4 Å². The van der Waals surface area contributed by atoms with Gasteiger partial charge in [0.25, 0.3) is 5.91 Å². The van der Waals surface area contributed by atoms with Gasteiger partial charge in [0.15, 0.2) is 0 Å². The number of carbonyl (C=O) groups is 1. The number of nitrogens with zero attached hydrogens (tertiary/aromatic N) is 2. The largest absolute Gasteiger partial charge is 0.495 e. The molecule has 1 amide bonds. The maximum Gasteiger partial charge on any atom is 0.270 e. The lowest BCUT2D eigenvalue weighted by molar-refractivity contribution is 0.0944. The van der Waals surface area contributed by atoms with E-state index >= 15 is 0 Å². The number of methoxy groups -OCH3 is 1. The van der Waals surface area contributed by atoms with E-state index in [1.165, 1.54) is 6.33 Å². The van der Waals surface area contributed by atoms with Crippen molar-refractivity contribution in [2.45, 2.75) is 13.8 Å². The van der Waals surface area contributed by atoms with Gasteiger partial charge in [0.05, 0.1) is 12.8 Å². The van der Waals surface area contributed by atoms with Crippen molar-refractivity contribution < 1.29 is 9.53 Å². The van der Waals surface area contributed by atoms with Crippen LogP contribution in [0.4, 0.5) is 11.5 Å². The molecule has 0 bridgehead atoms. The summed E-state index contributed by atoms with van der Waals surface area (Å²) in [4.78, 5) is 20.2. The average Bonchev–Trinajstić information content (AvgIpc) is 2.53. The van der Waals surface area contributed by atoms with Gasteiger partial charge in [-0.3, -0.25) is 4.79 Å². The zero-order valence-electron chi connectivity index (χ0n) is 13.3. The van der Waals surface area contributed by atoms with Gasteiger partial charge in [0, 0.05) is 17.6 Å². The number of aromatic nitrogens is 2. The van der Waals surface area contributed by atoms with E-state index in [0.29, 0.717) is 40.4 Å². The van der Waals surface area contributed by atoms with E-state index in [9.17, 15) is 4.79 Å². The second kappa shape index (κ2) is 7.78. The Morgan fingerprint density at radius 1 is 1.30 bits per heavy atom. The Bertz CT molecular complexity index is 692. The van der Waals surface area contributed by atoms with Crippen LogP contribution in [-0.4, -0.2) is 29.5 Å². The maximum atomic E-state index is 12.1. The monoisotopic (exact) mass is 334 g/mol. The van der Waals surface area contributed by atoms with Crippen molar-refractivity contribution in [2.75, 3.05) is 19.0 Å². The smallest absolute Gasteiger partial charge is 0.270 e. The summed E-state index contributed by atoms with van der Waals surface area (Å²) in [6.07, 6.45) is 1.34. The lowest BCUT2D eigenvalue weighted by Gasteiger charge is -2.12. The van der Waals surface area contributed by atoms with Gasteiger partial charge >= 0.3 is 0 Å². The standard InChI is InChI=1S/C16H19ClN4O2/c1-10(2)8-18-16(22)13-7-15(20-9-19-13)21-12-6-11(17)4-5-14(12)23-3/h4-7,9-10H,8H2,1-3H3,(H,18,22)(H,19,20,21). The number of hydrogen-bond acceptors (Lipinski definition) is 5. The average molecular weight is 335 g/mol. The summed E-state index contributed by atoms with van der Waals surface area (Å²) in [6.45, 7) is 4.64. The number of ether oxygens (including phenoxy) is 1. The van der Waals surface area contributed by atoms with Crippen LogP contribution < -0.4 is 15.4 Å². The molecular weight excluding hydrogens is 316 g/mol. The zero-order valence-corrected chi connectivity index (χ0v) is 14.0. The van der Waals surface area contributed by atoms with Gasteiger partial charge in [0.1, 0.15) is 23.6 Å². The van der Waals surface area contributed by atoms with Gasteiger partial charge in [-0.05, 0) is 24.1 Å². The molecule has 23 heavy (non-hydrogen) atoms. The van der Waals surface area contributed by atoms with Crippen LogP contribution >= 0.6 is 11.6 Å². The Hall–Kier alpha value is -2.34. The Morgan fingerprint density at radius 2 is 2.09 bits per heavy atom. The van der Waals surface area contributed by atoms with Crippen LogP contribution in [0, 0.1) is 5.92 Å². The lowest BCUT2D eigenvalue weighted by atomic mass is 10.2. The third kappa shape index (κ3) is 4.82. The van der Waals surface area contributed by atoms with Gasteiger partial charge in [-0.2, -0.15) is 0 Å². The van der Waals surface area contributed by atoms with E-state index in [1.807, 2.05) is 13.8 Å². The van der Waals surface area contributed by atoms with E-state index in [0.717, 1.165) is 0 Å². The van der Waals surface area contributed by atoms with E-state index < -0.39 is 0 Å². The summed E-state index contributed by atoms with van der Waals surface area (Å²) in [6, 6.07) is 6.79. The molecule has 0 saturated heterocycles. The minimum absolute atomic E-state index is 0.234. The van der Waals surface area contributed by atoms with Crippen LogP contribution in [0.15, 0.2) is 30.6 Å². The molecule has 0 aliphatic carbocycles. The third-order valence-corrected chi connectivity index (χ3v) is 3.23. The topological polar surface area (TPSA) is 76.1 Å². The van der Waals surface area contributed by atoms with E-state index in [1.54, 1.807) is 31.4 Å². The number of benzene rings is 1. The van der Waals surface area contributed by atoms with Gasteiger partial charge in [-0.25, -0.2) is 9.97 Å². The number of halogens is 1. The molecule has 6 nitrogen and oxygen atoms in total. The van der Waals surface area contributed by atoms with Gasteiger partial charge in [-0.15, -0.1) is 0 Å². The van der Waals surface area contributed by atoms with Crippen molar-refractivity contribution in [1.82, 2.24) is 15.3 Å². The summed E-state index contributed by atoms with van der Waals surface area (Å²) in [7, 11) is 1.57. The first-order chi connectivity index (χ1) is 11.0. The van der Waals surface area contributed by atoms with Crippen molar-refractivity contribution in [3.05, 3.63) is 41.3 Å². The number of amides is 1. The fourth-order valence-electron chi connectivity index (χ4n) is 1.85. The minimum Gasteiger partial charge on any atom is -0.495 e. The van der Waals surface area contributed by atoms with E-state index in [-0.39, 0.29) is 5.91 Å². The SMILES string of the molecule is COc1ccc(Cl)cc1Nc1cc(C(=O)NCC(C)C)ncn1. The number of carbonyl (C=O) groups excluding carboxylic acids is 1. The summed E-state index contributed by atoms with van der Waals surface area (Å²) in [5.41, 5.74) is 0.955. The summed E-state index contributed by atoms with van der Waals surface area (Å²) in [5.74, 6) is 1.24. The predicted octanol–water partition coefficient (Wildman–Crippen LogP) is 3.27. The van der Waals surface area contributed by atoms with Gasteiger partial charge in [0.2, 0.25) is 0 Å². The molecule has 0 aliphatic heterocycles. The zero-order chi connectivity index (χ0) is 16.8. The predicted molar refractivity (Wildman–Crippen MR) is 90.5 cm³/mol. The molecule has 0 radical (unpaired) electrons. The van der Waals surface area contributed by atoms with Crippen molar-refractivity contribution in [3.8, 4) is 5.75 Å². The van der Waals surface area contributed by atoms with Gasteiger partial charge < -0.3 is 15.4 Å². The molecule has 122 valence electrons. The van der Waals surface area contributed by atoms with Crippen molar-refractivity contribution in [2.24, 2.45) is 5.92 Å². The minimum atomic E-state index is -0.234. The molecule has 2 rings (SSSR count). The van der Waals surface area contributed by atoms with E-state index in [2.05, 4.69) is 20.6 Å². The van der Waals surface area contributed by atoms with Crippen LogP contribution in [0.5, 0.6) is 5.75 Å². The number of rotatable bonds is 6. The molecule has 2 aromatic rings. The molecule has 1 aromatic heterocycles. The fraction of sp³-hybridized carbons (Fsp3) is 0.312. The summed E-state index contributed by atoms with van der Waals surface area (Å²) >= 11 is 6.00. The van der Waals surface area contributed by atoms with Crippen LogP contribution in [0.25, 0.3) is 0 Å². The molecule has 1 heterocycles. The highest BCUT2D eigenvalue weighted by Gasteiger charge is 2.10. The van der Waals surface area contributed by atoms with Crippen LogP contribution in [0.1, 0.15) is 24.3 Å². The quantitative estimate of drug-likeness (QED) is 0.848. The molecule has 0 atom stereocenters. The number of nitrogens with one attached hydrogen (secondary N) is 2.